The van der Waals surface area contributed by atoms with Crippen LogP contribution in [0.25, 0.3) is 0 Å². The van der Waals surface area contributed by atoms with Gasteiger partial charge in [0.1, 0.15) is 22.6 Å². The summed E-state index contributed by atoms with van der Waals surface area (Å²) < 4.78 is 48.1. The highest BCUT2D eigenvalue weighted by atomic mass is 32.2. The lowest BCUT2D eigenvalue weighted by atomic mass is 10.0. The summed E-state index contributed by atoms with van der Waals surface area (Å²) in [7, 11) is -1.82. The number of halogens is 1. The first kappa shape index (κ1) is 25.6. The molecule has 1 fully saturated rings. The van der Waals surface area contributed by atoms with Crippen molar-refractivity contribution in [2.24, 2.45) is 11.8 Å². The van der Waals surface area contributed by atoms with Crippen molar-refractivity contribution < 1.29 is 22.7 Å². The molecule has 1 aliphatic carbocycles. The maximum atomic E-state index is 13.6. The van der Waals surface area contributed by atoms with Crippen LogP contribution in [0.1, 0.15) is 37.8 Å². The molecule has 6 nitrogen and oxygen atoms in total. The zero-order valence-electron chi connectivity index (χ0n) is 20.4. The Hall–Kier alpha value is -2.44. The van der Waals surface area contributed by atoms with Gasteiger partial charge in [0.05, 0.1) is 6.61 Å². The van der Waals surface area contributed by atoms with Gasteiger partial charge in [-0.2, -0.15) is 4.31 Å². The summed E-state index contributed by atoms with van der Waals surface area (Å²) in [5.74, 6) is 6.59. The fraction of sp³-hybridized carbons (Fsp3) is 0.481. The summed E-state index contributed by atoms with van der Waals surface area (Å²) in [4.78, 5) is 2.33. The lowest BCUT2D eigenvalue weighted by Crippen LogP contribution is -2.49. The maximum Gasteiger partial charge on any atom is 0.247 e. The van der Waals surface area contributed by atoms with E-state index in [1.54, 1.807) is 31.2 Å². The molecule has 3 atom stereocenters. The fourth-order valence-corrected chi connectivity index (χ4v) is 6.15. The molecule has 2 aromatic rings. The predicted molar refractivity (Wildman–Crippen MR) is 133 cm³/mol. The molecular formula is C27H33FN2O4S. The molecule has 2 aliphatic rings. The molecule has 0 radical (unpaired) electrons. The van der Waals surface area contributed by atoms with Crippen molar-refractivity contribution in [2.75, 3.05) is 33.3 Å². The van der Waals surface area contributed by atoms with Crippen LogP contribution in [-0.4, -0.2) is 68.2 Å². The number of ether oxygens (including phenoxy) is 1. The fourth-order valence-electron chi connectivity index (χ4n) is 4.32. The topological polar surface area (TPSA) is 70.1 Å². The smallest absolute Gasteiger partial charge is 0.247 e. The van der Waals surface area contributed by atoms with Crippen molar-refractivity contribution in [3.05, 3.63) is 59.4 Å². The SMILES string of the molecule is C[C@H](CO)N1C[C@H](C)[C@H](CN(C)CC2CC2)Oc2cc(C#Cc3ccc(F)cc3)ccc2S1(=O)=O. The van der Waals surface area contributed by atoms with Crippen molar-refractivity contribution in [1.82, 2.24) is 9.21 Å². The first-order valence-corrected chi connectivity index (χ1v) is 13.5. The lowest BCUT2D eigenvalue weighted by Gasteiger charge is -2.37. The Balaban J connectivity index is 1.70. The molecule has 2 aromatic carbocycles. The van der Waals surface area contributed by atoms with Crippen LogP contribution >= 0.6 is 0 Å². The number of likely N-dealkylation sites (N-methyl/N-ethyl adjacent to an activating group) is 1. The number of aliphatic hydroxyl groups is 1. The van der Waals surface area contributed by atoms with Crippen LogP contribution in [0.4, 0.5) is 4.39 Å². The van der Waals surface area contributed by atoms with E-state index in [2.05, 4.69) is 23.8 Å². The van der Waals surface area contributed by atoms with E-state index in [1.165, 1.54) is 35.3 Å². The molecule has 1 saturated carbocycles. The third-order valence-electron chi connectivity index (χ3n) is 6.62. The van der Waals surface area contributed by atoms with Crippen molar-refractivity contribution in [1.29, 1.82) is 0 Å². The van der Waals surface area contributed by atoms with Gasteiger partial charge in [-0.25, -0.2) is 12.8 Å². The number of benzene rings is 2. The number of aliphatic hydroxyl groups excluding tert-OH is 1. The minimum absolute atomic E-state index is 0.0758. The Kier molecular flexibility index (Phi) is 7.82. The minimum atomic E-state index is -3.89. The average molecular weight is 501 g/mol. The zero-order chi connectivity index (χ0) is 25.2. The third kappa shape index (κ3) is 6.22. The summed E-state index contributed by atoms with van der Waals surface area (Å²) in [6.45, 7) is 5.36. The Bertz CT molecular complexity index is 1200. The van der Waals surface area contributed by atoms with E-state index < -0.39 is 16.1 Å². The number of sulfonamides is 1. The van der Waals surface area contributed by atoms with Gasteiger partial charge in [0, 0.05) is 42.7 Å². The molecular weight excluding hydrogens is 467 g/mol. The number of fused-ring (bicyclic) bond motifs is 1. The molecule has 1 N–H and O–H groups in total. The zero-order valence-corrected chi connectivity index (χ0v) is 21.3. The molecule has 0 unspecified atom stereocenters. The van der Waals surface area contributed by atoms with Gasteiger partial charge in [-0.1, -0.05) is 18.8 Å². The summed E-state index contributed by atoms with van der Waals surface area (Å²) in [5.41, 5.74) is 1.26. The molecule has 0 amide bonds. The molecule has 8 heteroatoms. The average Bonchev–Trinajstić information content (AvgIpc) is 3.64. The molecule has 0 bridgehead atoms. The quantitative estimate of drug-likeness (QED) is 0.617. The largest absolute Gasteiger partial charge is 0.487 e. The second-order valence-electron chi connectivity index (χ2n) is 9.82. The van der Waals surface area contributed by atoms with E-state index in [0.29, 0.717) is 17.7 Å². The van der Waals surface area contributed by atoms with Gasteiger partial charge >= 0.3 is 0 Å². The third-order valence-corrected chi connectivity index (χ3v) is 8.64. The highest BCUT2D eigenvalue weighted by molar-refractivity contribution is 7.89. The molecule has 0 aromatic heterocycles. The van der Waals surface area contributed by atoms with Crippen LogP contribution in [-0.2, 0) is 10.0 Å². The summed E-state index contributed by atoms with van der Waals surface area (Å²) >= 11 is 0. The molecule has 4 rings (SSSR count). The second-order valence-corrected chi connectivity index (χ2v) is 11.7. The van der Waals surface area contributed by atoms with Crippen LogP contribution < -0.4 is 4.74 Å². The molecule has 1 heterocycles. The summed E-state index contributed by atoms with van der Waals surface area (Å²) in [6, 6.07) is 10.2. The van der Waals surface area contributed by atoms with E-state index >= 15 is 0 Å². The van der Waals surface area contributed by atoms with Crippen molar-refractivity contribution in [2.45, 2.75) is 43.7 Å². The van der Waals surface area contributed by atoms with Crippen molar-refractivity contribution >= 4 is 10.0 Å². The monoisotopic (exact) mass is 500 g/mol. The first-order valence-electron chi connectivity index (χ1n) is 12.1. The predicted octanol–water partition coefficient (Wildman–Crippen LogP) is 3.34. The molecule has 35 heavy (non-hydrogen) atoms. The standard InChI is InChI=1S/C27H33FN2O4S/c1-19-15-30(20(2)18-31)35(32,33)27-13-10-22(5-4-21-8-11-24(28)12-9-21)14-25(27)34-26(19)17-29(3)16-23-6-7-23/h8-14,19-20,23,26,31H,6-7,15-18H2,1-3H3/t19-,20+,26-/m0/s1. The van der Waals surface area contributed by atoms with Crippen molar-refractivity contribution in [3.63, 3.8) is 0 Å². The van der Waals surface area contributed by atoms with Crippen LogP contribution in [0.2, 0.25) is 0 Å². The Morgan fingerprint density at radius 2 is 1.80 bits per heavy atom. The van der Waals surface area contributed by atoms with Crippen LogP contribution in [0.3, 0.4) is 0 Å². The van der Waals surface area contributed by atoms with E-state index in [4.69, 9.17) is 4.74 Å². The molecule has 0 saturated heterocycles. The Morgan fingerprint density at radius 3 is 2.46 bits per heavy atom. The number of hydrogen-bond donors (Lipinski definition) is 1. The number of rotatable bonds is 6. The summed E-state index contributed by atoms with van der Waals surface area (Å²) in [5, 5.41) is 9.79. The first-order chi connectivity index (χ1) is 16.7. The van der Waals surface area contributed by atoms with Crippen molar-refractivity contribution in [3.8, 4) is 17.6 Å². The van der Waals surface area contributed by atoms with Gasteiger partial charge in [-0.15, -0.1) is 0 Å². The van der Waals surface area contributed by atoms with Gasteiger partial charge < -0.3 is 14.7 Å². The van der Waals surface area contributed by atoms with Gasteiger partial charge in [0.15, 0.2) is 0 Å². The van der Waals surface area contributed by atoms with E-state index in [9.17, 15) is 17.9 Å². The van der Waals surface area contributed by atoms with Crippen LogP contribution in [0, 0.1) is 29.5 Å². The van der Waals surface area contributed by atoms with E-state index in [0.717, 1.165) is 12.5 Å². The Morgan fingerprint density at radius 1 is 1.14 bits per heavy atom. The molecule has 188 valence electrons. The molecule has 0 spiro atoms. The maximum absolute atomic E-state index is 13.6. The highest BCUT2D eigenvalue weighted by Crippen LogP contribution is 2.35. The Labute approximate surface area is 207 Å². The van der Waals surface area contributed by atoms with Gasteiger partial charge in [-0.3, -0.25) is 0 Å². The summed E-state index contributed by atoms with van der Waals surface area (Å²) in [6.07, 6.45) is 2.27. The van der Waals surface area contributed by atoms with E-state index in [1.807, 2.05) is 6.92 Å². The second kappa shape index (κ2) is 10.7. The van der Waals surface area contributed by atoms with Gasteiger partial charge in [-0.05, 0) is 75.2 Å². The minimum Gasteiger partial charge on any atom is -0.487 e. The number of hydrogen-bond acceptors (Lipinski definition) is 5. The van der Waals surface area contributed by atoms with E-state index in [-0.39, 0.29) is 41.6 Å². The molecule has 1 aliphatic heterocycles. The number of nitrogens with zero attached hydrogens (tertiary/aromatic N) is 2. The van der Waals surface area contributed by atoms with Crippen LogP contribution in [0.15, 0.2) is 47.4 Å². The van der Waals surface area contributed by atoms with Crippen LogP contribution in [0.5, 0.6) is 5.75 Å². The highest BCUT2D eigenvalue weighted by Gasteiger charge is 2.38. The normalized spacial score (nSPS) is 22.8. The van der Waals surface area contributed by atoms with Gasteiger partial charge in [0.2, 0.25) is 10.0 Å². The lowest BCUT2D eigenvalue weighted by molar-refractivity contribution is 0.0740. The van der Waals surface area contributed by atoms with Gasteiger partial charge in [0.25, 0.3) is 0 Å².